The topological polar surface area (TPSA) is 57.8 Å². The molecule has 0 fully saturated rings. The Bertz CT molecular complexity index is 719. The Balaban J connectivity index is 1.61. The Labute approximate surface area is 116 Å². The van der Waals surface area contributed by atoms with Crippen molar-refractivity contribution in [2.24, 2.45) is 0 Å². The van der Waals surface area contributed by atoms with Crippen molar-refractivity contribution in [3.63, 3.8) is 0 Å². The molecule has 1 aromatic carbocycles. The van der Waals surface area contributed by atoms with Gasteiger partial charge in [0.25, 0.3) is 0 Å². The number of hydrogen-bond acceptors (Lipinski definition) is 2. The van der Waals surface area contributed by atoms with Gasteiger partial charge in [-0.15, -0.1) is 0 Å². The van der Waals surface area contributed by atoms with E-state index in [1.807, 2.05) is 42.6 Å². The molecule has 0 atom stereocenters. The number of fused-ring (bicyclic) bond motifs is 1. The Kier molecular flexibility index (Phi) is 3.46. The average Bonchev–Trinajstić information content (AvgIpc) is 2.94. The third-order valence-corrected chi connectivity index (χ3v) is 3.19. The standard InChI is InChI=1S/C16H15N3O/c20-16(19-11-13-2-1-6-17-10-13)9-12-3-4-15-14(8-12)5-7-18-15/h1-8,10,18H,9,11H2,(H,19,20). The number of amides is 1. The fraction of sp³-hybridized carbons (Fsp3) is 0.125. The summed E-state index contributed by atoms with van der Waals surface area (Å²) in [7, 11) is 0. The zero-order valence-corrected chi connectivity index (χ0v) is 11.0. The molecule has 2 heterocycles. The minimum Gasteiger partial charge on any atom is -0.361 e. The second-order valence-corrected chi connectivity index (χ2v) is 4.71. The number of pyridine rings is 1. The van der Waals surface area contributed by atoms with Crippen molar-refractivity contribution in [2.45, 2.75) is 13.0 Å². The quantitative estimate of drug-likeness (QED) is 0.761. The number of rotatable bonds is 4. The van der Waals surface area contributed by atoms with Gasteiger partial charge in [-0.3, -0.25) is 9.78 Å². The summed E-state index contributed by atoms with van der Waals surface area (Å²) in [4.78, 5) is 19.1. The number of carbonyl (C=O) groups is 1. The Morgan fingerprint density at radius 2 is 2.15 bits per heavy atom. The molecule has 4 nitrogen and oxygen atoms in total. The van der Waals surface area contributed by atoms with E-state index in [4.69, 9.17) is 0 Å². The van der Waals surface area contributed by atoms with Crippen LogP contribution in [0.15, 0.2) is 55.0 Å². The van der Waals surface area contributed by atoms with Crippen molar-refractivity contribution in [3.8, 4) is 0 Å². The van der Waals surface area contributed by atoms with E-state index in [1.54, 1.807) is 12.4 Å². The van der Waals surface area contributed by atoms with Crippen LogP contribution in [0.5, 0.6) is 0 Å². The van der Waals surface area contributed by atoms with Crippen LogP contribution >= 0.6 is 0 Å². The lowest BCUT2D eigenvalue weighted by Crippen LogP contribution is -2.24. The van der Waals surface area contributed by atoms with E-state index in [0.29, 0.717) is 13.0 Å². The van der Waals surface area contributed by atoms with E-state index < -0.39 is 0 Å². The molecule has 1 amide bonds. The van der Waals surface area contributed by atoms with E-state index in [9.17, 15) is 4.79 Å². The highest BCUT2D eigenvalue weighted by Gasteiger charge is 2.04. The molecule has 0 unspecified atom stereocenters. The summed E-state index contributed by atoms with van der Waals surface area (Å²) < 4.78 is 0. The summed E-state index contributed by atoms with van der Waals surface area (Å²) in [5, 5.41) is 4.03. The zero-order valence-electron chi connectivity index (χ0n) is 11.0. The smallest absolute Gasteiger partial charge is 0.224 e. The first-order valence-corrected chi connectivity index (χ1v) is 6.53. The summed E-state index contributed by atoms with van der Waals surface area (Å²) in [5.41, 5.74) is 3.10. The van der Waals surface area contributed by atoms with Crippen molar-refractivity contribution in [1.82, 2.24) is 15.3 Å². The molecule has 0 aliphatic carbocycles. The van der Waals surface area contributed by atoms with Crippen molar-refractivity contribution in [2.75, 3.05) is 0 Å². The minimum atomic E-state index is 0.0174. The molecule has 3 rings (SSSR count). The molecule has 0 saturated heterocycles. The highest BCUT2D eigenvalue weighted by molar-refractivity contribution is 5.83. The molecule has 0 radical (unpaired) electrons. The van der Waals surface area contributed by atoms with Crippen molar-refractivity contribution in [3.05, 3.63) is 66.1 Å². The number of hydrogen-bond donors (Lipinski definition) is 2. The molecule has 0 bridgehead atoms. The molecule has 2 N–H and O–H groups in total. The van der Waals surface area contributed by atoms with Crippen LogP contribution in [-0.4, -0.2) is 15.9 Å². The molecular formula is C16H15N3O. The number of aromatic nitrogens is 2. The zero-order chi connectivity index (χ0) is 13.8. The van der Waals surface area contributed by atoms with E-state index in [2.05, 4.69) is 15.3 Å². The number of benzene rings is 1. The lowest BCUT2D eigenvalue weighted by atomic mass is 10.1. The third-order valence-electron chi connectivity index (χ3n) is 3.19. The SMILES string of the molecule is O=C(Cc1ccc2[nH]ccc2c1)NCc1cccnc1. The summed E-state index contributed by atoms with van der Waals surface area (Å²) >= 11 is 0. The van der Waals surface area contributed by atoms with Crippen LogP contribution in [0.2, 0.25) is 0 Å². The van der Waals surface area contributed by atoms with Gasteiger partial charge in [0, 0.05) is 30.7 Å². The highest BCUT2D eigenvalue weighted by Crippen LogP contribution is 2.14. The maximum absolute atomic E-state index is 11.9. The van der Waals surface area contributed by atoms with Gasteiger partial charge >= 0.3 is 0 Å². The van der Waals surface area contributed by atoms with Gasteiger partial charge < -0.3 is 10.3 Å². The monoisotopic (exact) mass is 265 g/mol. The fourth-order valence-corrected chi connectivity index (χ4v) is 2.16. The lowest BCUT2D eigenvalue weighted by Gasteiger charge is -2.05. The second kappa shape index (κ2) is 5.57. The van der Waals surface area contributed by atoms with E-state index in [-0.39, 0.29) is 5.91 Å². The predicted octanol–water partition coefficient (Wildman–Crippen LogP) is 2.42. The van der Waals surface area contributed by atoms with E-state index in [0.717, 1.165) is 22.0 Å². The lowest BCUT2D eigenvalue weighted by molar-refractivity contribution is -0.120. The molecule has 20 heavy (non-hydrogen) atoms. The van der Waals surface area contributed by atoms with Gasteiger partial charge in [0.05, 0.1) is 6.42 Å². The third kappa shape index (κ3) is 2.85. The van der Waals surface area contributed by atoms with Crippen molar-refractivity contribution < 1.29 is 4.79 Å². The van der Waals surface area contributed by atoms with Gasteiger partial charge in [0.1, 0.15) is 0 Å². The first-order valence-electron chi connectivity index (χ1n) is 6.53. The van der Waals surface area contributed by atoms with Gasteiger partial charge in [-0.2, -0.15) is 0 Å². The summed E-state index contributed by atoms with van der Waals surface area (Å²) in [6.07, 6.45) is 5.77. The molecule has 2 aromatic heterocycles. The van der Waals surface area contributed by atoms with Crippen molar-refractivity contribution >= 4 is 16.8 Å². The van der Waals surface area contributed by atoms with E-state index in [1.165, 1.54) is 0 Å². The molecule has 0 aliphatic heterocycles. The molecule has 3 aromatic rings. The maximum Gasteiger partial charge on any atom is 0.224 e. The Hall–Kier alpha value is -2.62. The van der Waals surface area contributed by atoms with Crippen LogP contribution in [0.4, 0.5) is 0 Å². The van der Waals surface area contributed by atoms with Gasteiger partial charge in [-0.25, -0.2) is 0 Å². The predicted molar refractivity (Wildman–Crippen MR) is 78.1 cm³/mol. The van der Waals surface area contributed by atoms with Gasteiger partial charge in [-0.1, -0.05) is 12.1 Å². The van der Waals surface area contributed by atoms with Gasteiger partial charge in [-0.05, 0) is 40.8 Å². The number of carbonyl (C=O) groups excluding carboxylic acids is 1. The number of nitrogens with one attached hydrogen (secondary N) is 2. The Morgan fingerprint density at radius 3 is 3.00 bits per heavy atom. The van der Waals surface area contributed by atoms with Crippen LogP contribution in [0, 0.1) is 0 Å². The summed E-state index contributed by atoms with van der Waals surface area (Å²) in [6, 6.07) is 11.8. The highest BCUT2D eigenvalue weighted by atomic mass is 16.1. The normalized spacial score (nSPS) is 10.6. The molecular weight excluding hydrogens is 250 g/mol. The molecule has 0 saturated carbocycles. The van der Waals surface area contributed by atoms with Crippen LogP contribution < -0.4 is 5.32 Å². The minimum absolute atomic E-state index is 0.0174. The first-order chi connectivity index (χ1) is 9.81. The Morgan fingerprint density at radius 1 is 1.20 bits per heavy atom. The molecule has 4 heteroatoms. The largest absolute Gasteiger partial charge is 0.361 e. The molecule has 100 valence electrons. The molecule has 0 spiro atoms. The van der Waals surface area contributed by atoms with Gasteiger partial charge in [0.2, 0.25) is 5.91 Å². The second-order valence-electron chi connectivity index (χ2n) is 4.71. The first kappa shape index (κ1) is 12.4. The molecule has 0 aliphatic rings. The summed E-state index contributed by atoms with van der Waals surface area (Å²) in [5.74, 6) is 0.0174. The number of aromatic amines is 1. The van der Waals surface area contributed by atoms with Crippen LogP contribution in [0.1, 0.15) is 11.1 Å². The number of H-pyrrole nitrogens is 1. The average molecular weight is 265 g/mol. The van der Waals surface area contributed by atoms with Crippen LogP contribution in [-0.2, 0) is 17.8 Å². The fourth-order valence-electron chi connectivity index (χ4n) is 2.16. The van der Waals surface area contributed by atoms with Crippen LogP contribution in [0.3, 0.4) is 0 Å². The van der Waals surface area contributed by atoms with Gasteiger partial charge in [0.15, 0.2) is 0 Å². The summed E-state index contributed by atoms with van der Waals surface area (Å²) in [6.45, 7) is 0.513. The number of nitrogens with zero attached hydrogens (tertiary/aromatic N) is 1. The van der Waals surface area contributed by atoms with E-state index >= 15 is 0 Å². The van der Waals surface area contributed by atoms with Crippen LogP contribution in [0.25, 0.3) is 10.9 Å². The maximum atomic E-state index is 11.9. The van der Waals surface area contributed by atoms with Crippen molar-refractivity contribution in [1.29, 1.82) is 0 Å².